The lowest BCUT2D eigenvalue weighted by Crippen LogP contribution is -2.04. The summed E-state index contributed by atoms with van der Waals surface area (Å²) in [6.45, 7) is 0.0635. The van der Waals surface area contributed by atoms with Crippen LogP contribution in [0.15, 0.2) is 29.0 Å². The highest BCUT2D eigenvalue weighted by Gasteiger charge is 2.19. The SMILES string of the molecule is CNc1ncc([N+](=O)[O-])c(OCc2ccco2)n1. The molecule has 0 unspecified atom stereocenters. The van der Waals surface area contributed by atoms with E-state index in [1.54, 1.807) is 19.2 Å². The van der Waals surface area contributed by atoms with E-state index in [1.165, 1.54) is 6.26 Å². The van der Waals surface area contributed by atoms with Gasteiger partial charge in [0, 0.05) is 7.05 Å². The van der Waals surface area contributed by atoms with Crippen LogP contribution in [0, 0.1) is 10.1 Å². The van der Waals surface area contributed by atoms with Crippen LogP contribution in [-0.2, 0) is 6.61 Å². The number of anilines is 1. The molecular weight excluding hydrogens is 240 g/mol. The Labute approximate surface area is 102 Å². The number of furan rings is 1. The molecule has 0 saturated carbocycles. The molecule has 0 spiro atoms. The number of aromatic nitrogens is 2. The number of hydrogen-bond acceptors (Lipinski definition) is 7. The van der Waals surface area contributed by atoms with Crippen LogP contribution in [0.25, 0.3) is 0 Å². The van der Waals surface area contributed by atoms with Crippen molar-refractivity contribution in [3.63, 3.8) is 0 Å². The molecule has 8 heteroatoms. The lowest BCUT2D eigenvalue weighted by Gasteiger charge is -2.05. The molecule has 94 valence electrons. The van der Waals surface area contributed by atoms with Gasteiger partial charge < -0.3 is 14.5 Å². The number of nitrogens with zero attached hydrogens (tertiary/aromatic N) is 3. The van der Waals surface area contributed by atoms with Crippen molar-refractivity contribution in [3.8, 4) is 5.88 Å². The van der Waals surface area contributed by atoms with Gasteiger partial charge in [0.05, 0.1) is 11.2 Å². The molecule has 2 rings (SSSR count). The highest BCUT2D eigenvalue weighted by atomic mass is 16.6. The molecular formula is C10H10N4O4. The zero-order valence-corrected chi connectivity index (χ0v) is 9.49. The van der Waals surface area contributed by atoms with Crippen molar-refractivity contribution >= 4 is 11.6 Å². The zero-order valence-electron chi connectivity index (χ0n) is 9.49. The summed E-state index contributed by atoms with van der Waals surface area (Å²) in [7, 11) is 1.61. The quantitative estimate of drug-likeness (QED) is 0.634. The Balaban J connectivity index is 2.20. The van der Waals surface area contributed by atoms with E-state index in [2.05, 4.69) is 15.3 Å². The third-order valence-corrected chi connectivity index (χ3v) is 2.09. The molecule has 18 heavy (non-hydrogen) atoms. The Morgan fingerprint density at radius 2 is 2.44 bits per heavy atom. The average molecular weight is 250 g/mol. The van der Waals surface area contributed by atoms with Crippen LogP contribution < -0.4 is 10.1 Å². The number of hydrogen-bond donors (Lipinski definition) is 1. The topological polar surface area (TPSA) is 103 Å². The summed E-state index contributed by atoms with van der Waals surface area (Å²) in [6, 6.07) is 3.40. The van der Waals surface area contributed by atoms with Gasteiger partial charge in [0.2, 0.25) is 5.95 Å². The van der Waals surface area contributed by atoms with E-state index < -0.39 is 4.92 Å². The van der Waals surface area contributed by atoms with Crippen LogP contribution >= 0.6 is 0 Å². The van der Waals surface area contributed by atoms with Crippen molar-refractivity contribution in [2.75, 3.05) is 12.4 Å². The summed E-state index contributed by atoms with van der Waals surface area (Å²) in [6.07, 6.45) is 2.59. The molecule has 0 aliphatic rings. The molecule has 0 amide bonds. The maximum atomic E-state index is 10.8. The Hall–Kier alpha value is -2.64. The molecule has 0 radical (unpaired) electrons. The minimum atomic E-state index is -0.600. The summed E-state index contributed by atoms with van der Waals surface area (Å²) in [5.41, 5.74) is -0.291. The molecule has 0 bridgehead atoms. The summed E-state index contributed by atoms with van der Waals surface area (Å²) < 4.78 is 10.3. The summed E-state index contributed by atoms with van der Waals surface area (Å²) in [5, 5.41) is 13.5. The normalized spacial score (nSPS) is 10.1. The highest BCUT2D eigenvalue weighted by Crippen LogP contribution is 2.25. The van der Waals surface area contributed by atoms with Gasteiger partial charge in [-0.15, -0.1) is 0 Å². The number of nitrogens with one attached hydrogen (secondary N) is 1. The number of rotatable bonds is 5. The molecule has 0 atom stereocenters. The van der Waals surface area contributed by atoms with Crippen molar-refractivity contribution in [2.45, 2.75) is 6.61 Å². The molecule has 0 aliphatic carbocycles. The summed E-state index contributed by atoms with van der Waals surface area (Å²) >= 11 is 0. The molecule has 8 nitrogen and oxygen atoms in total. The molecule has 0 aliphatic heterocycles. The number of nitro groups is 1. The Morgan fingerprint density at radius 1 is 1.61 bits per heavy atom. The predicted octanol–water partition coefficient (Wildman–Crippen LogP) is 1.60. The largest absolute Gasteiger partial charge is 0.466 e. The minimum absolute atomic E-state index is 0.0635. The van der Waals surface area contributed by atoms with Gasteiger partial charge in [0.1, 0.15) is 18.6 Å². The predicted molar refractivity (Wildman–Crippen MR) is 61.3 cm³/mol. The molecule has 1 N–H and O–H groups in total. The van der Waals surface area contributed by atoms with Crippen molar-refractivity contribution in [1.82, 2.24) is 9.97 Å². The summed E-state index contributed by atoms with van der Waals surface area (Å²) in [5.74, 6) is 0.694. The zero-order chi connectivity index (χ0) is 13.0. The maximum absolute atomic E-state index is 10.8. The maximum Gasteiger partial charge on any atom is 0.349 e. The smallest absolute Gasteiger partial charge is 0.349 e. The Morgan fingerprint density at radius 3 is 3.06 bits per heavy atom. The Kier molecular flexibility index (Phi) is 3.37. The Bertz CT molecular complexity index is 541. The molecule has 2 aromatic heterocycles. The van der Waals surface area contributed by atoms with Crippen molar-refractivity contribution in [3.05, 3.63) is 40.5 Å². The van der Waals surface area contributed by atoms with Gasteiger partial charge in [-0.2, -0.15) is 4.98 Å². The van der Waals surface area contributed by atoms with Crippen molar-refractivity contribution < 1.29 is 14.1 Å². The van der Waals surface area contributed by atoms with E-state index >= 15 is 0 Å². The van der Waals surface area contributed by atoms with Crippen molar-refractivity contribution in [1.29, 1.82) is 0 Å². The van der Waals surface area contributed by atoms with E-state index in [-0.39, 0.29) is 24.1 Å². The second-order valence-electron chi connectivity index (χ2n) is 3.26. The molecule has 0 saturated heterocycles. The van der Waals surface area contributed by atoms with E-state index in [1.807, 2.05) is 0 Å². The average Bonchev–Trinajstić information content (AvgIpc) is 2.88. The highest BCUT2D eigenvalue weighted by molar-refractivity contribution is 5.42. The van der Waals surface area contributed by atoms with Gasteiger partial charge in [0.15, 0.2) is 0 Å². The van der Waals surface area contributed by atoms with E-state index in [4.69, 9.17) is 9.15 Å². The lowest BCUT2D eigenvalue weighted by atomic mass is 10.5. The van der Waals surface area contributed by atoms with Gasteiger partial charge in [-0.3, -0.25) is 10.1 Å². The van der Waals surface area contributed by atoms with Gasteiger partial charge in [-0.1, -0.05) is 0 Å². The van der Waals surface area contributed by atoms with Crippen LogP contribution in [-0.4, -0.2) is 21.9 Å². The molecule has 2 heterocycles. The van der Waals surface area contributed by atoms with Crippen molar-refractivity contribution in [2.24, 2.45) is 0 Å². The van der Waals surface area contributed by atoms with Crippen LogP contribution in [0.5, 0.6) is 5.88 Å². The first-order chi connectivity index (χ1) is 8.70. The van der Waals surface area contributed by atoms with Crippen LogP contribution in [0.3, 0.4) is 0 Å². The van der Waals surface area contributed by atoms with Gasteiger partial charge in [-0.05, 0) is 12.1 Å². The van der Waals surface area contributed by atoms with Gasteiger partial charge in [-0.25, -0.2) is 4.98 Å². The monoisotopic (exact) mass is 250 g/mol. The second kappa shape index (κ2) is 5.13. The molecule has 0 fully saturated rings. The third-order valence-electron chi connectivity index (χ3n) is 2.09. The first kappa shape index (κ1) is 11.8. The lowest BCUT2D eigenvalue weighted by molar-refractivity contribution is -0.386. The third kappa shape index (κ3) is 2.54. The standard InChI is InChI=1S/C10H10N4O4/c1-11-10-12-5-8(14(15)16)9(13-10)18-6-7-3-2-4-17-7/h2-5H,6H2,1H3,(H,11,12,13). The second-order valence-corrected chi connectivity index (χ2v) is 3.26. The molecule has 0 aromatic carbocycles. The fourth-order valence-corrected chi connectivity index (χ4v) is 1.25. The fourth-order valence-electron chi connectivity index (χ4n) is 1.25. The van der Waals surface area contributed by atoms with E-state index in [0.29, 0.717) is 5.76 Å². The van der Waals surface area contributed by atoms with E-state index in [0.717, 1.165) is 6.20 Å². The summed E-state index contributed by atoms with van der Waals surface area (Å²) in [4.78, 5) is 17.8. The first-order valence-electron chi connectivity index (χ1n) is 5.05. The van der Waals surface area contributed by atoms with Crippen LogP contribution in [0.1, 0.15) is 5.76 Å². The fraction of sp³-hybridized carbons (Fsp3) is 0.200. The first-order valence-corrected chi connectivity index (χ1v) is 5.05. The van der Waals surface area contributed by atoms with Crippen LogP contribution in [0.4, 0.5) is 11.6 Å². The van der Waals surface area contributed by atoms with E-state index in [9.17, 15) is 10.1 Å². The minimum Gasteiger partial charge on any atom is -0.466 e. The number of ether oxygens (including phenoxy) is 1. The molecule has 2 aromatic rings. The van der Waals surface area contributed by atoms with Gasteiger partial charge in [0.25, 0.3) is 5.88 Å². The van der Waals surface area contributed by atoms with Gasteiger partial charge >= 0.3 is 5.69 Å². The van der Waals surface area contributed by atoms with Crippen LogP contribution in [0.2, 0.25) is 0 Å².